The third-order valence-electron chi connectivity index (χ3n) is 12.0. The fourth-order valence-corrected chi connectivity index (χ4v) is 9.15. The molecule has 1 aliphatic rings. The minimum absolute atomic E-state index is 0.0739. The van der Waals surface area contributed by atoms with Crippen molar-refractivity contribution >= 4 is 21.8 Å². The summed E-state index contributed by atoms with van der Waals surface area (Å²) in [5.74, 6) is 0.709. The fraction of sp³-hybridized carbons (Fsp3) is 0.0545. The fourth-order valence-electron chi connectivity index (χ4n) is 9.15. The van der Waals surface area contributed by atoms with Gasteiger partial charge >= 0.3 is 0 Å². The molecule has 0 unspecified atom stereocenters. The van der Waals surface area contributed by atoms with Crippen LogP contribution in [0.25, 0.3) is 94.8 Å². The van der Waals surface area contributed by atoms with E-state index in [1.807, 2.05) is 24.3 Å². The van der Waals surface area contributed by atoms with Crippen LogP contribution in [0, 0.1) is 0 Å². The zero-order valence-corrected chi connectivity index (χ0v) is 32.4. The van der Waals surface area contributed by atoms with Gasteiger partial charge < -0.3 is 4.57 Å². The van der Waals surface area contributed by atoms with Gasteiger partial charge in [0.15, 0.2) is 5.82 Å². The molecule has 274 valence electrons. The molecule has 3 nitrogen and oxygen atoms in total. The monoisotopic (exact) mass is 741 g/mol. The van der Waals surface area contributed by atoms with Crippen molar-refractivity contribution in [2.75, 3.05) is 0 Å². The molecule has 11 rings (SSSR count). The SMILES string of the molecule is CC1(C)c2ccccc2-c2c(-c3ccc4c(c3)c3cc(-c5cc(-c6ccccc6)nc(-c6ccccc6)n5)ccc3n4-c3cccc(-c4ccccc4)c3)cccc21. The van der Waals surface area contributed by atoms with Gasteiger partial charge in [-0.3, -0.25) is 0 Å². The molecular formula is C55H39N3. The minimum Gasteiger partial charge on any atom is -0.309 e. The van der Waals surface area contributed by atoms with Crippen LogP contribution in [0.3, 0.4) is 0 Å². The van der Waals surface area contributed by atoms with Crippen LogP contribution in [0.4, 0.5) is 0 Å². The van der Waals surface area contributed by atoms with Crippen molar-refractivity contribution in [3.05, 3.63) is 211 Å². The molecule has 0 radical (unpaired) electrons. The Morgan fingerprint density at radius 1 is 0.379 bits per heavy atom. The predicted octanol–water partition coefficient (Wildman–Crippen LogP) is 14.2. The summed E-state index contributed by atoms with van der Waals surface area (Å²) in [6, 6.07) is 71.9. The van der Waals surface area contributed by atoms with Crippen molar-refractivity contribution in [1.29, 1.82) is 0 Å². The van der Waals surface area contributed by atoms with Crippen molar-refractivity contribution in [3.63, 3.8) is 0 Å². The molecule has 0 saturated carbocycles. The highest BCUT2D eigenvalue weighted by atomic mass is 15.0. The first-order valence-corrected chi connectivity index (χ1v) is 20.0. The predicted molar refractivity (Wildman–Crippen MR) is 241 cm³/mol. The van der Waals surface area contributed by atoms with E-state index in [9.17, 15) is 0 Å². The minimum atomic E-state index is -0.0739. The van der Waals surface area contributed by atoms with Crippen molar-refractivity contribution in [1.82, 2.24) is 14.5 Å². The first kappa shape index (κ1) is 33.9. The van der Waals surface area contributed by atoms with E-state index < -0.39 is 0 Å². The Balaban J connectivity index is 1.15. The van der Waals surface area contributed by atoms with Crippen LogP contribution in [0.1, 0.15) is 25.0 Å². The Kier molecular flexibility index (Phi) is 7.84. The van der Waals surface area contributed by atoms with Crippen molar-refractivity contribution in [2.45, 2.75) is 19.3 Å². The van der Waals surface area contributed by atoms with Gasteiger partial charge in [0.1, 0.15) is 0 Å². The van der Waals surface area contributed by atoms with E-state index in [2.05, 4.69) is 194 Å². The molecule has 0 saturated heterocycles. The van der Waals surface area contributed by atoms with E-state index in [-0.39, 0.29) is 5.41 Å². The second-order valence-electron chi connectivity index (χ2n) is 15.8. The number of rotatable bonds is 6. The second-order valence-corrected chi connectivity index (χ2v) is 15.8. The highest BCUT2D eigenvalue weighted by Gasteiger charge is 2.36. The summed E-state index contributed by atoms with van der Waals surface area (Å²) >= 11 is 0. The summed E-state index contributed by atoms with van der Waals surface area (Å²) in [5.41, 5.74) is 18.5. The zero-order chi connectivity index (χ0) is 38.8. The summed E-state index contributed by atoms with van der Waals surface area (Å²) in [5, 5.41) is 2.37. The Morgan fingerprint density at radius 3 is 1.64 bits per heavy atom. The van der Waals surface area contributed by atoms with Gasteiger partial charge in [0.2, 0.25) is 0 Å². The van der Waals surface area contributed by atoms with E-state index in [1.54, 1.807) is 0 Å². The van der Waals surface area contributed by atoms with Gasteiger partial charge in [0, 0.05) is 38.6 Å². The molecule has 3 heteroatoms. The quantitative estimate of drug-likeness (QED) is 0.170. The summed E-state index contributed by atoms with van der Waals surface area (Å²) in [4.78, 5) is 10.3. The summed E-state index contributed by atoms with van der Waals surface area (Å²) < 4.78 is 2.42. The van der Waals surface area contributed by atoms with Crippen LogP contribution >= 0.6 is 0 Å². The Bertz CT molecular complexity index is 3120. The molecule has 0 atom stereocenters. The van der Waals surface area contributed by atoms with Crippen molar-refractivity contribution < 1.29 is 0 Å². The summed E-state index contributed by atoms with van der Waals surface area (Å²) in [7, 11) is 0. The third kappa shape index (κ3) is 5.50. The van der Waals surface area contributed by atoms with Gasteiger partial charge in [-0.05, 0) is 87.0 Å². The molecule has 2 aromatic heterocycles. The normalized spacial score (nSPS) is 12.8. The first-order chi connectivity index (χ1) is 28.5. The van der Waals surface area contributed by atoms with Gasteiger partial charge in [-0.15, -0.1) is 0 Å². The van der Waals surface area contributed by atoms with Crippen LogP contribution < -0.4 is 0 Å². The van der Waals surface area contributed by atoms with E-state index in [0.717, 1.165) is 44.8 Å². The molecule has 0 aliphatic heterocycles. The van der Waals surface area contributed by atoms with E-state index in [4.69, 9.17) is 9.97 Å². The molecule has 8 aromatic carbocycles. The van der Waals surface area contributed by atoms with Gasteiger partial charge in [-0.25, -0.2) is 9.97 Å². The molecule has 0 spiro atoms. The summed E-state index contributed by atoms with van der Waals surface area (Å²) in [6.45, 7) is 4.70. The first-order valence-electron chi connectivity index (χ1n) is 20.0. The smallest absolute Gasteiger partial charge is 0.160 e. The average Bonchev–Trinajstić information content (AvgIpc) is 3.74. The Labute approximate surface area is 338 Å². The van der Waals surface area contributed by atoms with Crippen LogP contribution in [0.5, 0.6) is 0 Å². The topological polar surface area (TPSA) is 30.7 Å². The van der Waals surface area contributed by atoms with E-state index >= 15 is 0 Å². The van der Waals surface area contributed by atoms with Crippen LogP contribution in [-0.4, -0.2) is 14.5 Å². The van der Waals surface area contributed by atoms with Crippen LogP contribution in [0.15, 0.2) is 200 Å². The number of nitrogens with zero attached hydrogens (tertiary/aromatic N) is 3. The molecule has 0 N–H and O–H groups in total. The molecule has 2 heterocycles. The van der Waals surface area contributed by atoms with Gasteiger partial charge in [-0.2, -0.15) is 0 Å². The molecule has 10 aromatic rings. The third-order valence-corrected chi connectivity index (χ3v) is 12.0. The molecular weight excluding hydrogens is 703 g/mol. The number of hydrogen-bond donors (Lipinski definition) is 0. The van der Waals surface area contributed by atoms with Crippen LogP contribution in [0.2, 0.25) is 0 Å². The largest absolute Gasteiger partial charge is 0.309 e. The van der Waals surface area contributed by atoms with Gasteiger partial charge in [-0.1, -0.05) is 172 Å². The number of benzene rings is 8. The maximum Gasteiger partial charge on any atom is 0.160 e. The highest BCUT2D eigenvalue weighted by Crippen LogP contribution is 2.52. The van der Waals surface area contributed by atoms with Crippen LogP contribution in [-0.2, 0) is 5.41 Å². The highest BCUT2D eigenvalue weighted by molar-refractivity contribution is 6.12. The number of fused-ring (bicyclic) bond motifs is 6. The maximum absolute atomic E-state index is 5.22. The average molecular weight is 742 g/mol. The maximum atomic E-state index is 5.22. The molecule has 58 heavy (non-hydrogen) atoms. The molecule has 0 fully saturated rings. The summed E-state index contributed by atoms with van der Waals surface area (Å²) in [6.07, 6.45) is 0. The second kappa shape index (κ2) is 13.4. The van der Waals surface area contributed by atoms with E-state index in [0.29, 0.717) is 5.82 Å². The lowest BCUT2D eigenvalue weighted by molar-refractivity contribution is 0.660. The lowest BCUT2D eigenvalue weighted by Gasteiger charge is -2.21. The van der Waals surface area contributed by atoms with Gasteiger partial charge in [0.05, 0.1) is 22.4 Å². The lowest BCUT2D eigenvalue weighted by Crippen LogP contribution is -2.14. The number of aromatic nitrogens is 3. The zero-order valence-electron chi connectivity index (χ0n) is 32.4. The van der Waals surface area contributed by atoms with Gasteiger partial charge in [0.25, 0.3) is 0 Å². The molecule has 0 bridgehead atoms. The number of hydrogen-bond acceptors (Lipinski definition) is 2. The van der Waals surface area contributed by atoms with Crippen molar-refractivity contribution in [3.8, 4) is 73.0 Å². The van der Waals surface area contributed by atoms with E-state index in [1.165, 1.54) is 55.3 Å². The van der Waals surface area contributed by atoms with Crippen molar-refractivity contribution in [2.24, 2.45) is 0 Å². The molecule has 0 amide bonds. The molecule has 1 aliphatic carbocycles. The standard InChI is InChI=1S/C55H39N3/c1-55(2)47-26-13-12-24-44(47)53-43(25-15-27-48(53)55)40-28-30-51-45(33-40)46-34-41(29-31-52(46)58(51)42-23-14-22-39(32-42)36-16-6-3-7-17-36)50-35-49(37-18-8-4-9-19-37)56-54(57-50)38-20-10-5-11-21-38/h3-35H,1-2H3. The Hall–Kier alpha value is -7.36. The Morgan fingerprint density at radius 2 is 0.914 bits per heavy atom. The lowest BCUT2D eigenvalue weighted by atomic mass is 9.82.